The van der Waals surface area contributed by atoms with Crippen molar-refractivity contribution in [2.75, 3.05) is 13.7 Å². The average Bonchev–Trinajstić information content (AvgIpc) is 2.29. The minimum atomic E-state index is 0.607. The number of benzene rings is 1. The molecular formula is C14H17NO. The maximum absolute atomic E-state index is 5.46. The molecule has 1 N–H and O–H groups in total. The highest BCUT2D eigenvalue weighted by atomic mass is 16.5. The van der Waals surface area contributed by atoms with Crippen molar-refractivity contribution in [2.24, 2.45) is 0 Å². The molecule has 1 aliphatic heterocycles. The van der Waals surface area contributed by atoms with Gasteiger partial charge in [-0.25, -0.2) is 0 Å². The molecule has 2 aliphatic rings. The van der Waals surface area contributed by atoms with Gasteiger partial charge in [0.2, 0.25) is 0 Å². The van der Waals surface area contributed by atoms with E-state index in [1.807, 2.05) is 0 Å². The summed E-state index contributed by atoms with van der Waals surface area (Å²) >= 11 is 0. The van der Waals surface area contributed by atoms with Crippen LogP contribution in [0.3, 0.4) is 0 Å². The Labute approximate surface area is 96.3 Å². The maximum Gasteiger partial charge on any atom is 0.122 e. The van der Waals surface area contributed by atoms with Gasteiger partial charge >= 0.3 is 0 Å². The van der Waals surface area contributed by atoms with Gasteiger partial charge in [0.15, 0.2) is 0 Å². The lowest BCUT2D eigenvalue weighted by molar-refractivity contribution is 0.406. The first-order chi connectivity index (χ1) is 7.81. The fourth-order valence-electron chi connectivity index (χ4n) is 2.99. The molecule has 2 heteroatoms. The van der Waals surface area contributed by atoms with Gasteiger partial charge in [-0.05, 0) is 30.5 Å². The molecule has 84 valence electrons. The maximum atomic E-state index is 5.46. The second-order valence-corrected chi connectivity index (χ2v) is 4.63. The van der Waals surface area contributed by atoms with Crippen LogP contribution >= 0.6 is 0 Å². The number of fused-ring (bicyclic) bond motifs is 3. The van der Waals surface area contributed by atoms with Crippen LogP contribution in [0.2, 0.25) is 0 Å². The Kier molecular flexibility index (Phi) is 2.16. The second kappa shape index (κ2) is 3.55. The average molecular weight is 215 g/mol. The molecule has 1 aromatic carbocycles. The van der Waals surface area contributed by atoms with Crippen molar-refractivity contribution >= 4 is 0 Å². The number of nitrogens with one attached hydrogen (secondary N) is 1. The van der Waals surface area contributed by atoms with E-state index in [-0.39, 0.29) is 0 Å². The molecule has 0 radical (unpaired) electrons. The summed E-state index contributed by atoms with van der Waals surface area (Å²) in [6.45, 7) is 3.36. The van der Waals surface area contributed by atoms with Crippen molar-refractivity contribution in [3.63, 3.8) is 0 Å². The van der Waals surface area contributed by atoms with E-state index < -0.39 is 0 Å². The van der Waals surface area contributed by atoms with Crippen LogP contribution in [-0.4, -0.2) is 13.7 Å². The highest BCUT2D eigenvalue weighted by Gasteiger charge is 2.29. The molecule has 0 amide bonds. The third-order valence-corrected chi connectivity index (χ3v) is 3.89. The van der Waals surface area contributed by atoms with Gasteiger partial charge < -0.3 is 10.1 Å². The molecule has 0 aromatic heterocycles. The smallest absolute Gasteiger partial charge is 0.122 e. The monoisotopic (exact) mass is 215 g/mol. The van der Waals surface area contributed by atoms with Crippen molar-refractivity contribution in [1.82, 2.24) is 5.32 Å². The zero-order chi connectivity index (χ0) is 11.1. The van der Waals surface area contributed by atoms with Gasteiger partial charge in [-0.2, -0.15) is 0 Å². The van der Waals surface area contributed by atoms with Crippen LogP contribution in [0, 0.1) is 0 Å². The Bertz CT molecular complexity index is 462. The Morgan fingerprint density at radius 2 is 2.25 bits per heavy atom. The SMILES string of the molecule is COc1cccc2c1CC1=C(C)C2CCN1. The molecule has 1 heterocycles. The predicted molar refractivity (Wildman–Crippen MR) is 64.8 cm³/mol. The molecule has 0 fully saturated rings. The molecule has 0 saturated carbocycles. The van der Waals surface area contributed by atoms with E-state index in [2.05, 4.69) is 30.4 Å². The molecule has 1 unspecified atom stereocenters. The molecule has 3 rings (SSSR count). The lowest BCUT2D eigenvalue weighted by Gasteiger charge is -2.35. The molecule has 1 atom stereocenters. The Balaban J connectivity index is 2.16. The predicted octanol–water partition coefficient (Wildman–Crippen LogP) is 2.60. The van der Waals surface area contributed by atoms with Crippen LogP contribution in [0.5, 0.6) is 5.75 Å². The van der Waals surface area contributed by atoms with Gasteiger partial charge in [0.1, 0.15) is 5.75 Å². The number of rotatable bonds is 1. The Morgan fingerprint density at radius 3 is 3.06 bits per heavy atom. The minimum Gasteiger partial charge on any atom is -0.496 e. The third kappa shape index (κ3) is 1.26. The van der Waals surface area contributed by atoms with Crippen LogP contribution in [-0.2, 0) is 6.42 Å². The first kappa shape index (κ1) is 9.76. The zero-order valence-corrected chi connectivity index (χ0v) is 9.84. The first-order valence-corrected chi connectivity index (χ1v) is 5.90. The fourth-order valence-corrected chi connectivity index (χ4v) is 2.99. The van der Waals surface area contributed by atoms with Crippen molar-refractivity contribution < 1.29 is 4.74 Å². The van der Waals surface area contributed by atoms with E-state index in [0.29, 0.717) is 5.92 Å². The highest BCUT2D eigenvalue weighted by Crippen LogP contribution is 2.42. The molecule has 0 spiro atoms. The third-order valence-electron chi connectivity index (χ3n) is 3.89. The van der Waals surface area contributed by atoms with E-state index in [1.165, 1.54) is 28.8 Å². The Morgan fingerprint density at radius 1 is 1.38 bits per heavy atom. The van der Waals surface area contributed by atoms with E-state index in [1.54, 1.807) is 7.11 Å². The van der Waals surface area contributed by atoms with Gasteiger partial charge in [-0.1, -0.05) is 12.1 Å². The molecule has 2 bridgehead atoms. The van der Waals surface area contributed by atoms with Gasteiger partial charge in [-0.3, -0.25) is 0 Å². The van der Waals surface area contributed by atoms with Gasteiger partial charge in [0.25, 0.3) is 0 Å². The van der Waals surface area contributed by atoms with Gasteiger partial charge in [0.05, 0.1) is 7.11 Å². The normalized spacial score (nSPS) is 22.5. The molecule has 0 saturated heterocycles. The first-order valence-electron chi connectivity index (χ1n) is 5.90. The standard InChI is InChI=1S/C14H17NO/c1-9-10-6-7-15-13(9)8-12-11(10)4-3-5-14(12)16-2/h3-5,10,15H,6-8H2,1-2H3. The summed E-state index contributed by atoms with van der Waals surface area (Å²) in [6.07, 6.45) is 2.21. The summed E-state index contributed by atoms with van der Waals surface area (Å²) in [4.78, 5) is 0. The van der Waals surface area contributed by atoms with E-state index in [0.717, 1.165) is 18.7 Å². The van der Waals surface area contributed by atoms with E-state index in [9.17, 15) is 0 Å². The second-order valence-electron chi connectivity index (χ2n) is 4.63. The van der Waals surface area contributed by atoms with Crippen LogP contribution in [0.25, 0.3) is 0 Å². The summed E-state index contributed by atoms with van der Waals surface area (Å²) in [5, 5.41) is 3.52. The summed E-state index contributed by atoms with van der Waals surface area (Å²) in [7, 11) is 1.76. The summed E-state index contributed by atoms with van der Waals surface area (Å²) in [6, 6.07) is 6.43. The number of allylic oxidation sites excluding steroid dienone is 2. The molecular weight excluding hydrogens is 198 g/mol. The quantitative estimate of drug-likeness (QED) is 0.777. The number of ether oxygens (including phenoxy) is 1. The summed E-state index contributed by atoms with van der Waals surface area (Å²) in [5.41, 5.74) is 5.78. The van der Waals surface area contributed by atoms with Crippen LogP contribution < -0.4 is 10.1 Å². The van der Waals surface area contributed by atoms with E-state index >= 15 is 0 Å². The lowest BCUT2D eigenvalue weighted by Crippen LogP contribution is -2.31. The molecule has 1 aliphatic carbocycles. The number of hydrogen-bond donors (Lipinski definition) is 1. The van der Waals surface area contributed by atoms with Crippen molar-refractivity contribution in [1.29, 1.82) is 0 Å². The van der Waals surface area contributed by atoms with Crippen LogP contribution in [0.15, 0.2) is 29.5 Å². The van der Waals surface area contributed by atoms with E-state index in [4.69, 9.17) is 4.74 Å². The van der Waals surface area contributed by atoms with Gasteiger partial charge in [0, 0.05) is 30.1 Å². The zero-order valence-electron chi connectivity index (χ0n) is 9.84. The molecule has 16 heavy (non-hydrogen) atoms. The molecule has 1 aromatic rings. The number of hydrogen-bond acceptors (Lipinski definition) is 2. The Hall–Kier alpha value is -1.44. The minimum absolute atomic E-state index is 0.607. The number of methoxy groups -OCH3 is 1. The van der Waals surface area contributed by atoms with Crippen LogP contribution in [0.4, 0.5) is 0 Å². The fraction of sp³-hybridized carbons (Fsp3) is 0.429. The van der Waals surface area contributed by atoms with Crippen LogP contribution in [0.1, 0.15) is 30.4 Å². The largest absolute Gasteiger partial charge is 0.496 e. The van der Waals surface area contributed by atoms with Crippen molar-refractivity contribution in [3.8, 4) is 5.75 Å². The van der Waals surface area contributed by atoms with Crippen molar-refractivity contribution in [2.45, 2.75) is 25.7 Å². The van der Waals surface area contributed by atoms with Crippen molar-refractivity contribution in [3.05, 3.63) is 40.6 Å². The summed E-state index contributed by atoms with van der Waals surface area (Å²) in [5.74, 6) is 1.64. The highest BCUT2D eigenvalue weighted by molar-refractivity contribution is 5.51. The topological polar surface area (TPSA) is 21.3 Å². The summed E-state index contributed by atoms with van der Waals surface area (Å²) < 4.78 is 5.46. The lowest BCUT2D eigenvalue weighted by atomic mass is 9.77. The molecule has 2 nitrogen and oxygen atoms in total. The van der Waals surface area contributed by atoms with Gasteiger partial charge in [-0.15, -0.1) is 0 Å².